The molecule has 7 heteroatoms. The maximum absolute atomic E-state index is 13.3. The van der Waals surface area contributed by atoms with Crippen LogP contribution in [0.1, 0.15) is 11.1 Å². The first-order chi connectivity index (χ1) is 15.5. The number of rotatable bonds is 9. The van der Waals surface area contributed by atoms with Gasteiger partial charge < -0.3 is 15.0 Å². The molecule has 3 rings (SSSR count). The van der Waals surface area contributed by atoms with Gasteiger partial charge in [0.05, 0.1) is 10.0 Å². The molecular weight excluding hydrogens is 447 g/mol. The first-order valence-electron chi connectivity index (χ1n) is 10.1. The number of nitrogens with zero attached hydrogens (tertiary/aromatic N) is 1. The van der Waals surface area contributed by atoms with Gasteiger partial charge in [0.1, 0.15) is 11.8 Å². The van der Waals surface area contributed by atoms with Gasteiger partial charge in [0, 0.05) is 20.0 Å². The number of likely N-dealkylation sites (N-methyl/N-ethyl adjacent to an activating group) is 1. The van der Waals surface area contributed by atoms with Crippen molar-refractivity contribution in [3.63, 3.8) is 0 Å². The Morgan fingerprint density at radius 3 is 2.19 bits per heavy atom. The minimum absolute atomic E-state index is 0.179. The molecule has 0 unspecified atom stereocenters. The second-order valence-corrected chi connectivity index (χ2v) is 8.01. The van der Waals surface area contributed by atoms with Crippen molar-refractivity contribution in [1.29, 1.82) is 0 Å². The van der Waals surface area contributed by atoms with Crippen molar-refractivity contribution in [2.75, 3.05) is 13.7 Å². The van der Waals surface area contributed by atoms with Gasteiger partial charge in [0.2, 0.25) is 5.91 Å². The molecule has 0 aliphatic carbocycles. The number of nitrogens with one attached hydrogen (secondary N) is 1. The van der Waals surface area contributed by atoms with Crippen molar-refractivity contribution in [3.8, 4) is 5.75 Å². The molecule has 0 saturated heterocycles. The largest absolute Gasteiger partial charge is 0.484 e. The van der Waals surface area contributed by atoms with Gasteiger partial charge in [-0.2, -0.15) is 0 Å². The third-order valence-corrected chi connectivity index (χ3v) is 5.70. The van der Waals surface area contributed by atoms with Crippen LogP contribution in [0.25, 0.3) is 0 Å². The first kappa shape index (κ1) is 23.6. The molecule has 0 radical (unpaired) electrons. The maximum atomic E-state index is 13.3. The zero-order valence-corrected chi connectivity index (χ0v) is 19.1. The minimum atomic E-state index is -0.733. The van der Waals surface area contributed by atoms with Gasteiger partial charge in [0.25, 0.3) is 5.91 Å². The van der Waals surface area contributed by atoms with E-state index in [1.54, 1.807) is 37.4 Å². The first-order valence-corrected chi connectivity index (χ1v) is 10.9. The molecule has 0 saturated carbocycles. The average Bonchev–Trinajstić information content (AvgIpc) is 2.82. The van der Waals surface area contributed by atoms with E-state index >= 15 is 0 Å². The topological polar surface area (TPSA) is 58.6 Å². The molecule has 0 spiro atoms. The van der Waals surface area contributed by atoms with Gasteiger partial charge in [-0.1, -0.05) is 77.8 Å². The Morgan fingerprint density at radius 2 is 1.56 bits per heavy atom. The monoisotopic (exact) mass is 470 g/mol. The van der Waals surface area contributed by atoms with Crippen LogP contribution in [0.4, 0.5) is 0 Å². The van der Waals surface area contributed by atoms with Crippen molar-refractivity contribution in [2.24, 2.45) is 0 Å². The Hall–Kier alpha value is -3.02. The summed E-state index contributed by atoms with van der Waals surface area (Å²) in [5, 5.41) is 3.49. The SMILES string of the molecule is CNC(=O)[C@H](Cc1ccccc1)N(Cc1ccc(Cl)c(Cl)c1)C(=O)COc1ccccc1. The number of carbonyl (C=O) groups is 2. The number of hydrogen-bond acceptors (Lipinski definition) is 3. The summed E-state index contributed by atoms with van der Waals surface area (Å²) in [6.45, 7) is -0.0214. The molecule has 0 aliphatic heterocycles. The molecule has 166 valence electrons. The summed E-state index contributed by atoms with van der Waals surface area (Å²) < 4.78 is 5.67. The predicted molar refractivity (Wildman–Crippen MR) is 127 cm³/mol. The van der Waals surface area contributed by atoms with E-state index in [-0.39, 0.29) is 25.0 Å². The van der Waals surface area contributed by atoms with E-state index in [1.807, 2.05) is 48.5 Å². The van der Waals surface area contributed by atoms with Crippen molar-refractivity contribution in [3.05, 3.63) is 100 Å². The lowest BCUT2D eigenvalue weighted by Crippen LogP contribution is -2.51. The molecule has 1 N–H and O–H groups in total. The van der Waals surface area contributed by atoms with Crippen LogP contribution >= 0.6 is 23.2 Å². The Morgan fingerprint density at radius 1 is 0.906 bits per heavy atom. The summed E-state index contributed by atoms with van der Waals surface area (Å²) in [5.41, 5.74) is 1.70. The predicted octanol–water partition coefficient (Wildman–Crippen LogP) is 4.76. The average molecular weight is 471 g/mol. The van der Waals surface area contributed by atoms with E-state index < -0.39 is 6.04 Å². The van der Waals surface area contributed by atoms with Crippen LogP contribution in [0.5, 0.6) is 5.75 Å². The van der Waals surface area contributed by atoms with Gasteiger partial charge in [-0.15, -0.1) is 0 Å². The second kappa shape index (κ2) is 11.6. The normalized spacial score (nSPS) is 11.5. The Labute approximate surface area is 197 Å². The fourth-order valence-electron chi connectivity index (χ4n) is 3.30. The number of hydrogen-bond donors (Lipinski definition) is 1. The molecule has 0 bridgehead atoms. The Bertz CT molecular complexity index is 1050. The van der Waals surface area contributed by atoms with E-state index in [9.17, 15) is 9.59 Å². The summed E-state index contributed by atoms with van der Waals surface area (Å²) in [6, 6.07) is 23.1. The summed E-state index contributed by atoms with van der Waals surface area (Å²) in [7, 11) is 1.56. The molecule has 0 heterocycles. The zero-order valence-electron chi connectivity index (χ0n) is 17.6. The lowest BCUT2D eigenvalue weighted by Gasteiger charge is -2.31. The highest BCUT2D eigenvalue weighted by molar-refractivity contribution is 6.42. The molecule has 2 amide bonds. The summed E-state index contributed by atoms with van der Waals surface area (Å²) in [6.07, 6.45) is 0.360. The maximum Gasteiger partial charge on any atom is 0.261 e. The van der Waals surface area contributed by atoms with Crippen LogP contribution in [0.2, 0.25) is 10.0 Å². The number of para-hydroxylation sites is 1. The van der Waals surface area contributed by atoms with Gasteiger partial charge in [0.15, 0.2) is 6.61 Å². The lowest BCUT2D eigenvalue weighted by atomic mass is 10.0. The van der Waals surface area contributed by atoms with Crippen LogP contribution in [-0.4, -0.2) is 36.4 Å². The van der Waals surface area contributed by atoms with Crippen molar-refractivity contribution in [1.82, 2.24) is 10.2 Å². The third kappa shape index (κ3) is 6.49. The lowest BCUT2D eigenvalue weighted by molar-refractivity contribution is -0.142. The smallest absolute Gasteiger partial charge is 0.261 e. The molecule has 32 heavy (non-hydrogen) atoms. The summed E-state index contributed by atoms with van der Waals surface area (Å²) >= 11 is 12.2. The molecule has 0 fully saturated rings. The molecule has 3 aromatic carbocycles. The highest BCUT2D eigenvalue weighted by Gasteiger charge is 2.30. The summed E-state index contributed by atoms with van der Waals surface area (Å²) in [4.78, 5) is 27.7. The number of halogens is 2. The van der Waals surface area contributed by atoms with E-state index in [1.165, 1.54) is 4.90 Å². The highest BCUT2D eigenvalue weighted by atomic mass is 35.5. The van der Waals surface area contributed by atoms with Gasteiger partial charge in [-0.3, -0.25) is 9.59 Å². The van der Waals surface area contributed by atoms with Crippen LogP contribution < -0.4 is 10.1 Å². The van der Waals surface area contributed by atoms with E-state index in [0.717, 1.165) is 11.1 Å². The minimum Gasteiger partial charge on any atom is -0.484 e. The van der Waals surface area contributed by atoms with Gasteiger partial charge >= 0.3 is 0 Å². The van der Waals surface area contributed by atoms with Crippen LogP contribution in [-0.2, 0) is 22.6 Å². The van der Waals surface area contributed by atoms with Crippen LogP contribution in [0, 0.1) is 0 Å². The fraction of sp³-hybridized carbons (Fsp3) is 0.200. The molecule has 5 nitrogen and oxygen atoms in total. The van der Waals surface area contributed by atoms with Gasteiger partial charge in [-0.05, 0) is 35.4 Å². The van der Waals surface area contributed by atoms with E-state index in [2.05, 4.69) is 5.32 Å². The highest BCUT2D eigenvalue weighted by Crippen LogP contribution is 2.24. The molecule has 3 aromatic rings. The zero-order chi connectivity index (χ0) is 22.9. The van der Waals surface area contributed by atoms with Gasteiger partial charge in [-0.25, -0.2) is 0 Å². The van der Waals surface area contributed by atoms with E-state index in [0.29, 0.717) is 22.2 Å². The Kier molecular flexibility index (Phi) is 8.54. The fourth-order valence-corrected chi connectivity index (χ4v) is 3.62. The summed E-state index contributed by atoms with van der Waals surface area (Å²) in [5.74, 6) is 0.00122. The molecule has 1 atom stereocenters. The third-order valence-electron chi connectivity index (χ3n) is 4.96. The Balaban J connectivity index is 1.89. The van der Waals surface area contributed by atoms with Crippen molar-refractivity contribution >= 4 is 35.0 Å². The second-order valence-electron chi connectivity index (χ2n) is 7.19. The van der Waals surface area contributed by atoms with E-state index in [4.69, 9.17) is 27.9 Å². The number of carbonyl (C=O) groups excluding carboxylic acids is 2. The molecule has 0 aliphatic rings. The molecular formula is C25H24Cl2N2O3. The molecule has 0 aromatic heterocycles. The van der Waals surface area contributed by atoms with Crippen molar-refractivity contribution < 1.29 is 14.3 Å². The number of ether oxygens (including phenoxy) is 1. The number of amides is 2. The van der Waals surface area contributed by atoms with Crippen LogP contribution in [0.3, 0.4) is 0 Å². The van der Waals surface area contributed by atoms with Crippen molar-refractivity contribution in [2.45, 2.75) is 19.0 Å². The quantitative estimate of drug-likeness (QED) is 0.490. The standard InChI is InChI=1S/C25H24Cl2N2O3/c1-28-25(31)23(15-18-8-4-2-5-9-18)29(16-19-12-13-21(26)22(27)14-19)24(30)17-32-20-10-6-3-7-11-20/h2-14,23H,15-17H2,1H3,(H,28,31)/t23-/m0/s1. The number of benzene rings is 3. The van der Waals surface area contributed by atoms with Crippen LogP contribution in [0.15, 0.2) is 78.9 Å².